The van der Waals surface area contributed by atoms with Crippen molar-refractivity contribution in [3.63, 3.8) is 0 Å². The van der Waals surface area contributed by atoms with E-state index in [1.54, 1.807) is 0 Å². The highest BCUT2D eigenvalue weighted by molar-refractivity contribution is 8.02. The summed E-state index contributed by atoms with van der Waals surface area (Å²) in [6, 6.07) is 0. The van der Waals surface area contributed by atoms with E-state index in [1.807, 2.05) is 0 Å². The Balaban J connectivity index is 1.93. The van der Waals surface area contributed by atoms with Gasteiger partial charge in [0.1, 0.15) is 0 Å². The van der Waals surface area contributed by atoms with Crippen molar-refractivity contribution in [3.05, 3.63) is 0 Å². The summed E-state index contributed by atoms with van der Waals surface area (Å²) in [5.74, 6) is 5.35. The van der Waals surface area contributed by atoms with Crippen molar-refractivity contribution >= 4 is 23.5 Å². The van der Waals surface area contributed by atoms with Gasteiger partial charge >= 0.3 is 0 Å². The van der Waals surface area contributed by atoms with E-state index in [1.165, 1.54) is 29.6 Å². The minimum Gasteiger partial charge on any atom is -0.308 e. The smallest absolute Gasteiger partial charge is 0.0454 e. The summed E-state index contributed by atoms with van der Waals surface area (Å²) in [4.78, 5) is 0. The molecule has 0 aromatic carbocycles. The van der Waals surface area contributed by atoms with Gasteiger partial charge in [0, 0.05) is 35.1 Å². The van der Waals surface area contributed by atoms with Gasteiger partial charge in [0.2, 0.25) is 0 Å². The lowest BCUT2D eigenvalue weighted by Crippen LogP contribution is -2.60. The van der Waals surface area contributed by atoms with E-state index in [2.05, 4.69) is 28.8 Å². The highest BCUT2D eigenvalue weighted by Gasteiger charge is 2.38. The third-order valence-electron chi connectivity index (χ3n) is 1.88. The zero-order chi connectivity index (χ0) is 6.16. The van der Waals surface area contributed by atoms with Crippen molar-refractivity contribution in [1.82, 2.24) is 5.32 Å². The molecule has 0 aliphatic carbocycles. The maximum absolute atomic E-state index is 3.59. The van der Waals surface area contributed by atoms with Crippen LogP contribution in [-0.2, 0) is 0 Å². The average molecular weight is 161 g/mol. The Morgan fingerprint density at radius 3 is 2.22 bits per heavy atom. The Labute approximate surface area is 64.3 Å². The standard InChI is InChI=1S/C6H11NS2/c1-2-8-3-6(7-1)4-9-5-6/h7H,1-5H2. The van der Waals surface area contributed by atoms with Crippen LogP contribution in [0.15, 0.2) is 0 Å². The quantitative estimate of drug-likeness (QED) is 0.564. The molecule has 2 rings (SSSR count). The minimum atomic E-state index is 0.577. The predicted octanol–water partition coefficient (Wildman–Crippen LogP) is 0.808. The summed E-state index contributed by atoms with van der Waals surface area (Å²) in [6.45, 7) is 1.23. The van der Waals surface area contributed by atoms with Crippen LogP contribution in [0.25, 0.3) is 0 Å². The molecule has 2 aliphatic rings. The Bertz CT molecular complexity index is 104. The van der Waals surface area contributed by atoms with E-state index < -0.39 is 0 Å². The summed E-state index contributed by atoms with van der Waals surface area (Å²) in [7, 11) is 0. The normalized spacial score (nSPS) is 32.0. The number of rotatable bonds is 0. The molecule has 0 bridgehead atoms. The van der Waals surface area contributed by atoms with Gasteiger partial charge in [-0.3, -0.25) is 0 Å². The number of thioether (sulfide) groups is 2. The topological polar surface area (TPSA) is 12.0 Å². The van der Waals surface area contributed by atoms with Crippen LogP contribution < -0.4 is 5.32 Å². The fourth-order valence-corrected chi connectivity index (χ4v) is 3.69. The first kappa shape index (κ1) is 6.38. The van der Waals surface area contributed by atoms with Gasteiger partial charge in [-0.1, -0.05) is 0 Å². The summed E-state index contributed by atoms with van der Waals surface area (Å²) >= 11 is 4.17. The second-order valence-electron chi connectivity index (χ2n) is 2.75. The Morgan fingerprint density at radius 2 is 1.89 bits per heavy atom. The van der Waals surface area contributed by atoms with Gasteiger partial charge in [0.25, 0.3) is 0 Å². The van der Waals surface area contributed by atoms with Gasteiger partial charge in [-0.15, -0.1) is 0 Å². The van der Waals surface area contributed by atoms with Crippen molar-refractivity contribution in [2.24, 2.45) is 0 Å². The molecular weight excluding hydrogens is 150 g/mol. The van der Waals surface area contributed by atoms with E-state index in [4.69, 9.17) is 0 Å². The van der Waals surface area contributed by atoms with Crippen molar-refractivity contribution < 1.29 is 0 Å². The maximum Gasteiger partial charge on any atom is 0.0454 e. The molecule has 2 fully saturated rings. The van der Waals surface area contributed by atoms with Crippen molar-refractivity contribution in [2.75, 3.05) is 29.6 Å². The first-order chi connectivity index (χ1) is 4.41. The molecule has 1 N–H and O–H groups in total. The fraction of sp³-hybridized carbons (Fsp3) is 1.00. The van der Waals surface area contributed by atoms with Crippen LogP contribution in [0, 0.1) is 0 Å². The molecule has 0 aromatic heterocycles. The van der Waals surface area contributed by atoms with Crippen LogP contribution in [0.3, 0.4) is 0 Å². The van der Waals surface area contributed by atoms with E-state index in [0.29, 0.717) is 5.54 Å². The third-order valence-corrected chi connectivity index (χ3v) is 4.64. The molecule has 3 heteroatoms. The van der Waals surface area contributed by atoms with Gasteiger partial charge in [-0.2, -0.15) is 23.5 Å². The predicted molar refractivity (Wildman–Crippen MR) is 45.4 cm³/mol. The number of hydrogen-bond donors (Lipinski definition) is 1. The van der Waals surface area contributed by atoms with E-state index in [9.17, 15) is 0 Å². The Hall–Kier alpha value is 0.660. The largest absolute Gasteiger partial charge is 0.308 e. The molecule has 0 aromatic rings. The van der Waals surface area contributed by atoms with Crippen molar-refractivity contribution in [3.8, 4) is 0 Å². The molecule has 1 nitrogen and oxygen atoms in total. The lowest BCUT2D eigenvalue weighted by Gasteiger charge is -2.44. The number of nitrogens with one attached hydrogen (secondary N) is 1. The lowest BCUT2D eigenvalue weighted by molar-refractivity contribution is 0.434. The highest BCUT2D eigenvalue weighted by Crippen LogP contribution is 2.34. The maximum atomic E-state index is 3.59. The molecule has 0 radical (unpaired) electrons. The van der Waals surface area contributed by atoms with Crippen LogP contribution >= 0.6 is 23.5 Å². The van der Waals surface area contributed by atoms with E-state index in [-0.39, 0.29) is 0 Å². The Morgan fingerprint density at radius 1 is 1.11 bits per heavy atom. The van der Waals surface area contributed by atoms with E-state index >= 15 is 0 Å². The fourth-order valence-electron chi connectivity index (χ4n) is 1.24. The zero-order valence-corrected chi connectivity index (χ0v) is 6.99. The number of hydrogen-bond acceptors (Lipinski definition) is 3. The monoisotopic (exact) mass is 161 g/mol. The van der Waals surface area contributed by atoms with Gasteiger partial charge < -0.3 is 5.32 Å². The summed E-state index contributed by atoms with van der Waals surface area (Å²) in [6.07, 6.45) is 0. The Kier molecular flexibility index (Phi) is 1.67. The minimum absolute atomic E-state index is 0.577. The molecule has 9 heavy (non-hydrogen) atoms. The highest BCUT2D eigenvalue weighted by atomic mass is 32.2. The third kappa shape index (κ3) is 1.10. The molecule has 0 amide bonds. The second-order valence-corrected chi connectivity index (χ2v) is 4.84. The van der Waals surface area contributed by atoms with Crippen molar-refractivity contribution in [1.29, 1.82) is 0 Å². The van der Waals surface area contributed by atoms with Crippen LogP contribution in [-0.4, -0.2) is 35.1 Å². The summed E-state index contributed by atoms with van der Waals surface area (Å²) in [5, 5.41) is 3.59. The molecule has 2 heterocycles. The van der Waals surface area contributed by atoms with Crippen LogP contribution in [0.4, 0.5) is 0 Å². The molecule has 0 saturated carbocycles. The molecule has 0 atom stereocenters. The zero-order valence-electron chi connectivity index (χ0n) is 5.35. The van der Waals surface area contributed by atoms with Gasteiger partial charge in [0.15, 0.2) is 0 Å². The summed E-state index contributed by atoms with van der Waals surface area (Å²) < 4.78 is 0. The molecular formula is C6H11NS2. The first-order valence-electron chi connectivity index (χ1n) is 3.32. The van der Waals surface area contributed by atoms with E-state index in [0.717, 1.165) is 0 Å². The molecule has 2 saturated heterocycles. The SMILES string of the molecule is C1CSCC2(CSC2)N1. The van der Waals surface area contributed by atoms with Gasteiger partial charge in [-0.05, 0) is 0 Å². The van der Waals surface area contributed by atoms with Gasteiger partial charge in [-0.25, -0.2) is 0 Å². The second kappa shape index (κ2) is 2.36. The van der Waals surface area contributed by atoms with Gasteiger partial charge in [0.05, 0.1) is 0 Å². The van der Waals surface area contributed by atoms with Crippen LogP contribution in [0.2, 0.25) is 0 Å². The molecule has 52 valence electrons. The molecule has 1 spiro atoms. The lowest BCUT2D eigenvalue weighted by atomic mass is 10.1. The summed E-state index contributed by atoms with van der Waals surface area (Å²) in [5.41, 5.74) is 0.577. The van der Waals surface area contributed by atoms with Crippen molar-refractivity contribution in [2.45, 2.75) is 5.54 Å². The average Bonchev–Trinajstić information content (AvgIpc) is 1.87. The molecule has 2 aliphatic heterocycles. The van der Waals surface area contributed by atoms with Crippen LogP contribution in [0.5, 0.6) is 0 Å². The van der Waals surface area contributed by atoms with Crippen LogP contribution in [0.1, 0.15) is 0 Å². The first-order valence-corrected chi connectivity index (χ1v) is 5.63. The molecule has 0 unspecified atom stereocenters.